The van der Waals surface area contributed by atoms with Crippen molar-refractivity contribution in [3.8, 4) is 5.75 Å². The lowest BCUT2D eigenvalue weighted by Gasteiger charge is -2.33. The van der Waals surface area contributed by atoms with E-state index >= 15 is 0 Å². The molecule has 9 nitrogen and oxygen atoms in total. The predicted octanol–water partition coefficient (Wildman–Crippen LogP) is 3.38. The first-order valence-corrected chi connectivity index (χ1v) is 13.1. The highest BCUT2D eigenvalue weighted by atomic mass is 32.3. The normalized spacial score (nSPS) is 22.0. The van der Waals surface area contributed by atoms with Gasteiger partial charge in [-0.15, -0.1) is 0 Å². The van der Waals surface area contributed by atoms with Gasteiger partial charge in [0.2, 0.25) is 0 Å². The van der Waals surface area contributed by atoms with Gasteiger partial charge in [0.05, 0.1) is 17.9 Å². The summed E-state index contributed by atoms with van der Waals surface area (Å²) >= 11 is 0. The minimum atomic E-state index is -2.75. The average Bonchev–Trinajstić information content (AvgIpc) is 3.57. The van der Waals surface area contributed by atoms with Crippen LogP contribution in [-0.4, -0.2) is 54.7 Å². The number of carbonyl (C=O) groups excluding carboxylic acids is 2. The number of anilines is 1. The topological polar surface area (TPSA) is 92.7 Å². The van der Waals surface area contributed by atoms with Gasteiger partial charge >= 0.3 is 11.9 Å². The molecule has 2 fully saturated rings. The molecule has 35 heavy (non-hydrogen) atoms. The molecule has 1 spiro atoms. The van der Waals surface area contributed by atoms with Crippen LogP contribution in [0.4, 0.5) is 11.4 Å². The molecule has 0 aliphatic carbocycles. The van der Waals surface area contributed by atoms with Crippen LogP contribution in [0.1, 0.15) is 18.4 Å². The summed E-state index contributed by atoms with van der Waals surface area (Å²) in [6.45, 7) is 2.73. The van der Waals surface area contributed by atoms with E-state index in [2.05, 4.69) is 17.4 Å². The van der Waals surface area contributed by atoms with Crippen molar-refractivity contribution in [3.05, 3.63) is 60.3 Å². The minimum absolute atomic E-state index is 0.107. The van der Waals surface area contributed by atoms with Crippen LogP contribution in [0.2, 0.25) is 0 Å². The van der Waals surface area contributed by atoms with Crippen LogP contribution >= 0.6 is 10.6 Å². The molecule has 4 aliphatic heterocycles. The summed E-state index contributed by atoms with van der Waals surface area (Å²) in [5.74, 6) is -1.19. The van der Waals surface area contributed by atoms with E-state index in [1.54, 1.807) is 6.07 Å². The molecule has 2 aromatic rings. The summed E-state index contributed by atoms with van der Waals surface area (Å²) in [7, 11) is -0.628. The van der Waals surface area contributed by atoms with Gasteiger partial charge in [-0.25, -0.2) is 14.6 Å². The van der Waals surface area contributed by atoms with Crippen molar-refractivity contribution in [1.82, 2.24) is 10.3 Å². The fraction of sp³-hybridized carbons (Fsp3) is 0.320. The van der Waals surface area contributed by atoms with Crippen LogP contribution in [0.25, 0.3) is 0 Å². The molecule has 182 valence electrons. The molecule has 2 saturated heterocycles. The van der Waals surface area contributed by atoms with E-state index < -0.39 is 22.5 Å². The second-order valence-electron chi connectivity index (χ2n) is 8.95. The molecule has 0 radical (unpaired) electrons. The highest BCUT2D eigenvalue weighted by molar-refractivity contribution is 8.39. The first-order valence-electron chi connectivity index (χ1n) is 11.7. The number of nitrogens with one attached hydrogen (secondary N) is 1. The lowest BCUT2D eigenvalue weighted by atomic mass is 10.1. The first kappa shape index (κ1) is 22.0. The molecule has 1 N–H and O–H groups in total. The minimum Gasteiger partial charge on any atom is -0.490 e. The fourth-order valence-corrected chi connectivity index (χ4v) is 7.10. The lowest BCUT2D eigenvalue weighted by molar-refractivity contribution is -0.150. The third kappa shape index (κ3) is 3.92. The number of para-hydroxylation sites is 1. The van der Waals surface area contributed by atoms with E-state index in [0.717, 1.165) is 49.5 Å². The number of rotatable bonds is 5. The smallest absolute Gasteiger partial charge is 0.442 e. The number of nitrogens with zero attached hydrogens (tertiary/aromatic N) is 3. The van der Waals surface area contributed by atoms with Crippen molar-refractivity contribution in [2.24, 2.45) is 4.99 Å². The van der Waals surface area contributed by atoms with Crippen LogP contribution in [0.3, 0.4) is 0 Å². The molecule has 6 rings (SSSR count). The maximum atomic E-state index is 12.1. The van der Waals surface area contributed by atoms with Crippen LogP contribution in [0.5, 0.6) is 5.75 Å². The number of hydrazine groups is 1. The largest absolute Gasteiger partial charge is 0.490 e. The molecule has 4 aliphatic rings. The molecular formula is C25H26N4O5S. The lowest BCUT2D eigenvalue weighted by Crippen LogP contribution is -2.36. The zero-order valence-electron chi connectivity index (χ0n) is 19.3. The maximum Gasteiger partial charge on any atom is 0.442 e. The SMILES string of the molecule is CN1CCC(Oc2cc(N3CC=CN3)ccc2CC2=Nc3ccccc3S23OC(=O)C(=O)O3)CC1. The van der Waals surface area contributed by atoms with Crippen LogP contribution < -0.4 is 15.2 Å². The zero-order valence-corrected chi connectivity index (χ0v) is 20.1. The Bertz CT molecular complexity index is 1230. The molecule has 4 heterocycles. The van der Waals surface area contributed by atoms with Gasteiger partial charge < -0.3 is 23.4 Å². The van der Waals surface area contributed by atoms with Crippen molar-refractivity contribution in [2.45, 2.75) is 30.3 Å². The number of hydrogen-bond donors (Lipinski definition) is 1. The van der Waals surface area contributed by atoms with Crippen LogP contribution in [0.15, 0.2) is 64.6 Å². The van der Waals surface area contributed by atoms with Crippen molar-refractivity contribution < 1.29 is 22.7 Å². The fourth-order valence-electron chi connectivity index (χ4n) is 4.66. The molecule has 0 unspecified atom stereocenters. The quantitative estimate of drug-likeness (QED) is 0.633. The number of benzene rings is 2. The number of hydrogen-bond acceptors (Lipinski definition) is 9. The molecule has 0 bridgehead atoms. The third-order valence-electron chi connectivity index (χ3n) is 6.56. The highest BCUT2D eigenvalue weighted by Crippen LogP contribution is 2.69. The summed E-state index contributed by atoms with van der Waals surface area (Å²) in [5, 5.41) is 2.56. The van der Waals surface area contributed by atoms with E-state index in [1.165, 1.54) is 0 Å². The van der Waals surface area contributed by atoms with Gasteiger partial charge in [0, 0.05) is 37.3 Å². The second-order valence-corrected chi connectivity index (χ2v) is 11.2. The van der Waals surface area contributed by atoms with E-state index in [1.807, 2.05) is 53.7 Å². The Labute approximate surface area is 205 Å². The van der Waals surface area contributed by atoms with Gasteiger partial charge in [0.1, 0.15) is 16.7 Å². The summed E-state index contributed by atoms with van der Waals surface area (Å²) in [6, 6.07) is 13.4. The van der Waals surface area contributed by atoms with E-state index in [0.29, 0.717) is 22.0 Å². The van der Waals surface area contributed by atoms with Crippen molar-refractivity contribution in [2.75, 3.05) is 31.7 Å². The summed E-state index contributed by atoms with van der Waals surface area (Å²) in [4.78, 5) is 31.9. The van der Waals surface area contributed by atoms with Crippen LogP contribution in [0, 0.1) is 0 Å². The van der Waals surface area contributed by atoms with E-state index in [4.69, 9.17) is 18.1 Å². The van der Waals surface area contributed by atoms with E-state index in [9.17, 15) is 9.59 Å². The average molecular weight is 495 g/mol. The number of piperidine rings is 1. The van der Waals surface area contributed by atoms with Crippen molar-refractivity contribution in [3.63, 3.8) is 0 Å². The maximum absolute atomic E-state index is 12.1. The number of ether oxygens (including phenoxy) is 1. The molecule has 10 heteroatoms. The summed E-state index contributed by atoms with van der Waals surface area (Å²) < 4.78 is 17.8. The summed E-state index contributed by atoms with van der Waals surface area (Å²) in [6.07, 6.45) is 6.29. The van der Waals surface area contributed by atoms with Gasteiger partial charge in [-0.1, -0.05) is 18.2 Å². The number of carbonyl (C=O) groups is 2. The standard InChI is InChI=1S/C25H26N4O5S/c1-28-13-9-19(10-14-28)32-21-16-18(29-12-4-11-26-29)8-7-17(21)15-23-27-20-5-2-3-6-22(20)35(23)33-24(30)25(31)34-35/h2-8,11,16,19,26H,9-10,12-15H2,1H3. The van der Waals surface area contributed by atoms with Gasteiger partial charge in [-0.2, -0.15) is 0 Å². The molecular weight excluding hydrogens is 468 g/mol. The number of fused-ring (bicyclic) bond motifs is 2. The molecule has 0 atom stereocenters. The zero-order chi connectivity index (χ0) is 24.0. The number of likely N-dealkylation sites (tertiary alicyclic amines) is 1. The Hall–Kier alpha value is -3.50. The van der Waals surface area contributed by atoms with Gasteiger partial charge in [0.25, 0.3) is 0 Å². The Kier molecular flexibility index (Phi) is 5.42. The van der Waals surface area contributed by atoms with E-state index in [-0.39, 0.29) is 6.10 Å². The van der Waals surface area contributed by atoms with Crippen LogP contribution in [-0.2, 0) is 24.4 Å². The van der Waals surface area contributed by atoms with Crippen molar-refractivity contribution >= 4 is 38.9 Å². The Morgan fingerprint density at radius 1 is 1.11 bits per heavy atom. The second kappa shape index (κ2) is 8.62. The molecule has 0 amide bonds. The Morgan fingerprint density at radius 2 is 1.89 bits per heavy atom. The third-order valence-corrected chi connectivity index (χ3v) is 9.11. The number of aliphatic imine (C=N–C) groups is 1. The van der Waals surface area contributed by atoms with Gasteiger partial charge in [-0.3, -0.25) is 5.01 Å². The highest BCUT2D eigenvalue weighted by Gasteiger charge is 2.50. The monoisotopic (exact) mass is 494 g/mol. The Morgan fingerprint density at radius 3 is 2.63 bits per heavy atom. The Balaban J connectivity index is 1.34. The molecule has 0 saturated carbocycles. The predicted molar refractivity (Wildman–Crippen MR) is 132 cm³/mol. The van der Waals surface area contributed by atoms with Crippen molar-refractivity contribution in [1.29, 1.82) is 0 Å². The summed E-state index contributed by atoms with van der Waals surface area (Å²) in [5.41, 5.74) is 5.76. The first-order chi connectivity index (χ1) is 17.0. The molecule has 0 aromatic heterocycles. The molecule has 2 aromatic carbocycles. The van der Waals surface area contributed by atoms with Gasteiger partial charge in [0.15, 0.2) is 5.04 Å². The van der Waals surface area contributed by atoms with Gasteiger partial charge in [-0.05, 0) is 54.8 Å².